The number of benzene rings is 1. The van der Waals surface area contributed by atoms with Crippen molar-refractivity contribution in [1.82, 2.24) is 14.9 Å². The number of nitrogens with zero attached hydrogens (tertiary/aromatic N) is 3. The van der Waals surface area contributed by atoms with Gasteiger partial charge in [-0.05, 0) is 58.6 Å². The highest BCUT2D eigenvalue weighted by Gasteiger charge is 2.27. The Kier molecular flexibility index (Phi) is 12.3. The molecule has 3 rings (SSSR count). The van der Waals surface area contributed by atoms with Gasteiger partial charge < -0.3 is 25.1 Å². The molecule has 1 aliphatic rings. The third-order valence-electron chi connectivity index (χ3n) is 5.01. The van der Waals surface area contributed by atoms with E-state index in [2.05, 4.69) is 64.8 Å². The summed E-state index contributed by atoms with van der Waals surface area (Å²) in [5, 5.41) is 6.34. The van der Waals surface area contributed by atoms with Crippen LogP contribution in [0.4, 0.5) is 16.4 Å². The molecule has 1 fully saturated rings. The zero-order chi connectivity index (χ0) is 25.6. The Hall–Kier alpha value is -3.42. The van der Waals surface area contributed by atoms with Crippen molar-refractivity contribution in [2.45, 2.75) is 59.1 Å². The lowest BCUT2D eigenvalue weighted by molar-refractivity contribution is -0.0980. The molecule has 1 saturated heterocycles. The molecule has 8 nitrogen and oxygen atoms in total. The maximum absolute atomic E-state index is 12.2. The van der Waals surface area contributed by atoms with Crippen molar-refractivity contribution >= 4 is 30.1 Å². The number of hydrogen-bond donors (Lipinski definition) is 2. The summed E-state index contributed by atoms with van der Waals surface area (Å²) in [7, 11) is 1.82. The highest BCUT2D eigenvalue weighted by Crippen LogP contribution is 2.18. The van der Waals surface area contributed by atoms with Crippen LogP contribution in [0.25, 0.3) is 5.57 Å². The molecule has 186 valence electrons. The molecule has 34 heavy (non-hydrogen) atoms. The van der Waals surface area contributed by atoms with Gasteiger partial charge in [0.25, 0.3) is 0 Å². The van der Waals surface area contributed by atoms with Crippen molar-refractivity contribution in [3.63, 3.8) is 0 Å². The lowest BCUT2D eigenvalue weighted by Gasteiger charge is -2.34. The number of likely N-dealkylation sites (tertiary alicyclic amines) is 1. The van der Waals surface area contributed by atoms with Gasteiger partial charge in [-0.15, -0.1) is 0 Å². The van der Waals surface area contributed by atoms with Gasteiger partial charge in [-0.25, -0.2) is 14.8 Å². The first-order valence-corrected chi connectivity index (χ1v) is 11.4. The number of nitrogens with one attached hydrogen (secondary N) is 2. The Bertz CT molecular complexity index is 897. The van der Waals surface area contributed by atoms with E-state index in [1.165, 1.54) is 17.5 Å². The van der Waals surface area contributed by atoms with Crippen LogP contribution in [0.2, 0.25) is 0 Å². The van der Waals surface area contributed by atoms with E-state index in [1.807, 2.05) is 46.7 Å². The molecule has 2 aromatic rings. The molecule has 2 heterocycles. The van der Waals surface area contributed by atoms with Gasteiger partial charge in [-0.2, -0.15) is 0 Å². The van der Waals surface area contributed by atoms with E-state index in [9.17, 15) is 4.79 Å². The molecular formula is C26H39N5O3. The monoisotopic (exact) mass is 469 g/mol. The van der Waals surface area contributed by atoms with Crippen LogP contribution in [-0.4, -0.2) is 59.5 Å². The fraction of sp³-hybridized carbons (Fsp3) is 0.462. The van der Waals surface area contributed by atoms with Crippen LogP contribution >= 0.6 is 0 Å². The molecule has 8 heteroatoms. The molecule has 1 aromatic heterocycles. The summed E-state index contributed by atoms with van der Waals surface area (Å²) < 4.78 is 5.44. The molecule has 1 atom stereocenters. The van der Waals surface area contributed by atoms with Gasteiger partial charge >= 0.3 is 6.09 Å². The number of anilines is 2. The molecule has 0 spiro atoms. The number of allylic oxidation sites excluding steroid dienone is 2. The molecular weight excluding hydrogens is 430 g/mol. The van der Waals surface area contributed by atoms with E-state index in [0.717, 1.165) is 31.0 Å². The number of aromatic nitrogens is 2. The maximum atomic E-state index is 12.2. The topological polar surface area (TPSA) is 96.5 Å². The van der Waals surface area contributed by atoms with Crippen LogP contribution in [-0.2, 0) is 9.53 Å². The standard InChI is InChI=1S/C15H25N5O2.C10H12.CH2O/c1-15(2,3)22-14(21)20-7-5-6-11(9-20)19-13-8-12(16-4)17-10-18-13;1-3-9(2)10-7-5-4-6-8-10;1-2/h8,10-11H,5-7,9H2,1-4H3,(H2,16,17,18,19);3-8H,1-2H3;1H2/b;9-3+;. The first kappa shape index (κ1) is 28.6. The Morgan fingerprint density at radius 1 is 1.18 bits per heavy atom. The van der Waals surface area contributed by atoms with E-state index in [-0.39, 0.29) is 12.1 Å². The zero-order valence-electron chi connectivity index (χ0n) is 21.3. The minimum atomic E-state index is -0.466. The number of carbonyl (C=O) groups excluding carboxylic acids is 2. The van der Waals surface area contributed by atoms with Crippen LogP contribution in [0.15, 0.2) is 48.8 Å². The number of piperidine rings is 1. The van der Waals surface area contributed by atoms with Crippen LogP contribution < -0.4 is 10.6 Å². The molecule has 2 N–H and O–H groups in total. The van der Waals surface area contributed by atoms with Crippen molar-refractivity contribution < 1.29 is 14.3 Å². The molecule has 1 aliphatic heterocycles. The minimum Gasteiger partial charge on any atom is -0.444 e. The predicted octanol–water partition coefficient (Wildman–Crippen LogP) is 5.25. The summed E-state index contributed by atoms with van der Waals surface area (Å²) in [5.74, 6) is 1.52. The molecule has 1 aromatic carbocycles. The summed E-state index contributed by atoms with van der Waals surface area (Å²) in [6.45, 7) is 13.2. The summed E-state index contributed by atoms with van der Waals surface area (Å²) >= 11 is 0. The van der Waals surface area contributed by atoms with Crippen molar-refractivity contribution in [2.24, 2.45) is 0 Å². The maximum Gasteiger partial charge on any atom is 0.410 e. The SMILES string of the molecule is C/C=C(\C)c1ccccc1.C=O.CNc1cc(NC2CCCN(C(=O)OC(C)(C)C)C2)ncn1. The van der Waals surface area contributed by atoms with Crippen LogP contribution in [0.5, 0.6) is 0 Å². The number of ether oxygens (including phenoxy) is 1. The molecule has 1 unspecified atom stereocenters. The normalized spacial score (nSPS) is 15.6. The van der Waals surface area contributed by atoms with Gasteiger partial charge in [0.15, 0.2) is 0 Å². The lowest BCUT2D eigenvalue weighted by atomic mass is 10.1. The first-order valence-electron chi connectivity index (χ1n) is 11.4. The van der Waals surface area contributed by atoms with E-state index >= 15 is 0 Å². The van der Waals surface area contributed by atoms with E-state index in [0.29, 0.717) is 6.54 Å². The van der Waals surface area contributed by atoms with E-state index in [1.54, 1.807) is 4.90 Å². The summed E-state index contributed by atoms with van der Waals surface area (Å²) in [6.07, 6.45) is 5.33. The second-order valence-corrected chi connectivity index (χ2v) is 8.79. The Labute approximate surface area is 203 Å². The molecule has 0 radical (unpaired) electrons. The lowest BCUT2D eigenvalue weighted by Crippen LogP contribution is -2.47. The second kappa shape index (κ2) is 14.7. The van der Waals surface area contributed by atoms with Gasteiger partial charge in [0.1, 0.15) is 30.4 Å². The van der Waals surface area contributed by atoms with Crippen LogP contribution in [0, 0.1) is 0 Å². The molecule has 0 bridgehead atoms. The third-order valence-corrected chi connectivity index (χ3v) is 5.01. The van der Waals surface area contributed by atoms with Crippen LogP contribution in [0.1, 0.15) is 53.0 Å². The number of hydrogen-bond acceptors (Lipinski definition) is 7. The average molecular weight is 470 g/mol. The quantitative estimate of drug-likeness (QED) is 0.631. The fourth-order valence-electron chi connectivity index (χ4n) is 3.24. The number of carbonyl (C=O) groups is 2. The van der Waals surface area contributed by atoms with Crippen molar-refractivity contribution in [1.29, 1.82) is 0 Å². The Balaban J connectivity index is 0.000000402. The average Bonchev–Trinajstić information content (AvgIpc) is 2.85. The number of amides is 1. The van der Waals surface area contributed by atoms with Gasteiger partial charge in [-0.1, -0.05) is 36.4 Å². The van der Waals surface area contributed by atoms with Crippen molar-refractivity contribution in [2.75, 3.05) is 30.8 Å². The highest BCUT2D eigenvalue weighted by atomic mass is 16.6. The summed E-state index contributed by atoms with van der Waals surface area (Å²) in [4.78, 5) is 30.2. The van der Waals surface area contributed by atoms with Gasteiger partial charge in [0.2, 0.25) is 0 Å². The van der Waals surface area contributed by atoms with Gasteiger partial charge in [-0.3, -0.25) is 0 Å². The molecule has 1 amide bonds. The van der Waals surface area contributed by atoms with Crippen LogP contribution in [0.3, 0.4) is 0 Å². The largest absolute Gasteiger partial charge is 0.444 e. The summed E-state index contributed by atoms with van der Waals surface area (Å²) in [6, 6.07) is 12.4. The van der Waals surface area contributed by atoms with Crippen molar-refractivity contribution in [3.05, 3.63) is 54.4 Å². The molecule has 0 aliphatic carbocycles. The Morgan fingerprint density at radius 2 is 1.82 bits per heavy atom. The van der Waals surface area contributed by atoms with E-state index < -0.39 is 5.60 Å². The predicted molar refractivity (Wildman–Crippen MR) is 139 cm³/mol. The zero-order valence-corrected chi connectivity index (χ0v) is 21.3. The minimum absolute atomic E-state index is 0.167. The summed E-state index contributed by atoms with van der Waals surface area (Å²) in [5.41, 5.74) is 2.18. The number of rotatable bonds is 4. The van der Waals surface area contributed by atoms with Gasteiger partial charge in [0.05, 0.1) is 0 Å². The molecule has 0 saturated carbocycles. The second-order valence-electron chi connectivity index (χ2n) is 8.79. The first-order chi connectivity index (χ1) is 16.2. The van der Waals surface area contributed by atoms with Gasteiger partial charge in [0, 0.05) is 32.2 Å². The smallest absolute Gasteiger partial charge is 0.410 e. The Morgan fingerprint density at radius 3 is 2.41 bits per heavy atom. The van der Waals surface area contributed by atoms with Crippen molar-refractivity contribution in [3.8, 4) is 0 Å². The van der Waals surface area contributed by atoms with E-state index in [4.69, 9.17) is 9.53 Å². The fourth-order valence-corrected chi connectivity index (χ4v) is 3.24. The highest BCUT2D eigenvalue weighted by molar-refractivity contribution is 5.68. The third kappa shape index (κ3) is 10.5.